The van der Waals surface area contributed by atoms with Crippen LogP contribution in [0.25, 0.3) is 10.2 Å². The zero-order chi connectivity index (χ0) is 14.1. The van der Waals surface area contributed by atoms with Gasteiger partial charge in [-0.1, -0.05) is 33.3 Å². The van der Waals surface area contributed by atoms with Crippen molar-refractivity contribution >= 4 is 48.3 Å². The number of hydrogen-bond donors (Lipinski definition) is 1. The molecule has 0 saturated carbocycles. The molecular weight excluding hydrogens is 336 g/mol. The Morgan fingerprint density at radius 2 is 2.05 bits per heavy atom. The van der Waals surface area contributed by atoms with Crippen LogP contribution in [0.15, 0.2) is 40.9 Å². The van der Waals surface area contributed by atoms with E-state index in [1.165, 1.54) is 5.56 Å². The number of aromatic nitrogens is 1. The molecule has 5 heteroatoms. The maximum atomic E-state index is 5.37. The first kappa shape index (κ1) is 13.4. The van der Waals surface area contributed by atoms with Crippen molar-refractivity contribution in [1.29, 1.82) is 0 Å². The first-order valence-electron chi connectivity index (χ1n) is 6.13. The van der Waals surface area contributed by atoms with Gasteiger partial charge in [-0.3, -0.25) is 0 Å². The third-order valence-corrected chi connectivity index (χ3v) is 4.39. The van der Waals surface area contributed by atoms with E-state index in [9.17, 15) is 0 Å². The normalized spacial score (nSPS) is 10.8. The minimum atomic E-state index is 0.816. The number of methoxy groups -OCH3 is 1. The summed E-state index contributed by atoms with van der Waals surface area (Å²) in [5, 5.41) is 4.20. The fraction of sp³-hybridized carbons (Fsp3) is 0.133. The molecule has 2 aromatic carbocycles. The lowest BCUT2D eigenvalue weighted by atomic mass is 10.2. The van der Waals surface area contributed by atoms with Crippen molar-refractivity contribution < 1.29 is 4.74 Å². The minimum Gasteiger partial charge on any atom is -0.495 e. The minimum absolute atomic E-state index is 0.816. The number of ether oxygens (including phenoxy) is 1. The largest absolute Gasteiger partial charge is 0.495 e. The van der Waals surface area contributed by atoms with Crippen LogP contribution in [0.1, 0.15) is 5.56 Å². The first-order chi connectivity index (χ1) is 9.65. The van der Waals surface area contributed by atoms with Gasteiger partial charge in [-0.2, -0.15) is 0 Å². The number of benzene rings is 2. The molecule has 3 rings (SSSR count). The van der Waals surface area contributed by atoms with E-state index in [0.29, 0.717) is 0 Å². The third kappa shape index (κ3) is 2.64. The van der Waals surface area contributed by atoms with Gasteiger partial charge in [0.05, 0.1) is 23.0 Å². The molecule has 0 saturated heterocycles. The van der Waals surface area contributed by atoms with E-state index in [1.807, 2.05) is 24.3 Å². The summed E-state index contributed by atoms with van der Waals surface area (Å²) in [5.74, 6) is 0.816. The molecule has 3 aromatic rings. The van der Waals surface area contributed by atoms with Gasteiger partial charge < -0.3 is 10.1 Å². The Morgan fingerprint density at radius 1 is 1.20 bits per heavy atom. The van der Waals surface area contributed by atoms with Gasteiger partial charge in [-0.25, -0.2) is 4.98 Å². The topological polar surface area (TPSA) is 34.1 Å². The van der Waals surface area contributed by atoms with Crippen molar-refractivity contribution in [2.75, 3.05) is 12.4 Å². The molecule has 0 amide bonds. The van der Waals surface area contributed by atoms with Gasteiger partial charge in [0.2, 0.25) is 0 Å². The van der Waals surface area contributed by atoms with Crippen molar-refractivity contribution in [2.45, 2.75) is 6.92 Å². The summed E-state index contributed by atoms with van der Waals surface area (Å²) >= 11 is 5.09. The molecule has 1 N–H and O–H groups in total. The molecule has 0 radical (unpaired) electrons. The molecule has 0 fully saturated rings. The van der Waals surface area contributed by atoms with Crippen LogP contribution in [-0.4, -0.2) is 12.1 Å². The molecule has 3 nitrogen and oxygen atoms in total. The molecule has 20 heavy (non-hydrogen) atoms. The summed E-state index contributed by atoms with van der Waals surface area (Å²) in [6, 6.07) is 12.2. The predicted octanol–water partition coefficient (Wildman–Crippen LogP) is 5.12. The second-order valence-corrected chi connectivity index (χ2v) is 6.41. The van der Waals surface area contributed by atoms with Crippen LogP contribution in [0.4, 0.5) is 10.8 Å². The first-order valence-corrected chi connectivity index (χ1v) is 7.74. The van der Waals surface area contributed by atoms with Crippen LogP contribution in [0.5, 0.6) is 5.75 Å². The Bertz CT molecular complexity index is 770. The lowest BCUT2D eigenvalue weighted by Crippen LogP contribution is -1.94. The molecule has 0 aliphatic carbocycles. The number of fused-ring (bicyclic) bond motifs is 1. The molecule has 0 spiro atoms. The quantitative estimate of drug-likeness (QED) is 0.713. The smallest absolute Gasteiger partial charge is 0.188 e. The Balaban J connectivity index is 1.98. The SMILES string of the molecule is COc1ccc(C)cc1Nc1nc2cc(Br)ccc2s1. The molecule has 0 unspecified atom stereocenters. The van der Waals surface area contributed by atoms with E-state index in [2.05, 4.69) is 45.3 Å². The number of hydrogen-bond acceptors (Lipinski definition) is 4. The highest BCUT2D eigenvalue weighted by molar-refractivity contribution is 9.10. The number of nitrogens with zero attached hydrogens (tertiary/aromatic N) is 1. The monoisotopic (exact) mass is 348 g/mol. The fourth-order valence-corrected chi connectivity index (χ4v) is 3.20. The molecule has 1 heterocycles. The number of nitrogens with one attached hydrogen (secondary N) is 1. The number of thiazole rings is 1. The Labute approximate surface area is 129 Å². The van der Waals surface area contributed by atoms with Crippen molar-refractivity contribution in [3.8, 4) is 5.75 Å². The summed E-state index contributed by atoms with van der Waals surface area (Å²) in [6.07, 6.45) is 0. The van der Waals surface area contributed by atoms with Gasteiger partial charge in [0.25, 0.3) is 0 Å². The van der Waals surface area contributed by atoms with Crippen molar-refractivity contribution in [2.24, 2.45) is 0 Å². The molecule has 1 aromatic heterocycles. The van der Waals surface area contributed by atoms with Gasteiger partial charge in [0, 0.05) is 4.47 Å². The van der Waals surface area contributed by atoms with Gasteiger partial charge >= 0.3 is 0 Å². The average Bonchev–Trinajstić information content (AvgIpc) is 2.80. The predicted molar refractivity (Wildman–Crippen MR) is 88.3 cm³/mol. The van der Waals surface area contributed by atoms with Crippen molar-refractivity contribution in [3.63, 3.8) is 0 Å². The molecule has 0 atom stereocenters. The van der Waals surface area contributed by atoms with Gasteiger partial charge in [0.1, 0.15) is 5.75 Å². The summed E-state index contributed by atoms with van der Waals surface area (Å²) in [5.41, 5.74) is 3.10. The molecule has 0 aliphatic heterocycles. The second-order valence-electron chi connectivity index (χ2n) is 4.46. The number of halogens is 1. The average molecular weight is 349 g/mol. The summed E-state index contributed by atoms with van der Waals surface area (Å²) in [7, 11) is 1.67. The van der Waals surface area contributed by atoms with Crippen LogP contribution in [0.2, 0.25) is 0 Å². The highest BCUT2D eigenvalue weighted by Crippen LogP contribution is 2.33. The van der Waals surface area contributed by atoms with Crippen LogP contribution < -0.4 is 10.1 Å². The second kappa shape index (κ2) is 5.42. The number of aryl methyl sites for hydroxylation is 1. The van der Waals surface area contributed by atoms with Gasteiger partial charge in [0.15, 0.2) is 5.13 Å². The van der Waals surface area contributed by atoms with E-state index in [1.54, 1.807) is 18.4 Å². The third-order valence-electron chi connectivity index (χ3n) is 2.95. The van der Waals surface area contributed by atoms with Crippen LogP contribution in [-0.2, 0) is 0 Å². The van der Waals surface area contributed by atoms with Crippen molar-refractivity contribution in [3.05, 3.63) is 46.4 Å². The van der Waals surface area contributed by atoms with E-state index in [0.717, 1.165) is 31.3 Å². The van der Waals surface area contributed by atoms with E-state index < -0.39 is 0 Å². The van der Waals surface area contributed by atoms with Gasteiger partial charge in [-0.05, 0) is 42.8 Å². The zero-order valence-electron chi connectivity index (χ0n) is 11.1. The summed E-state index contributed by atoms with van der Waals surface area (Å²) in [6.45, 7) is 2.06. The Morgan fingerprint density at radius 3 is 2.85 bits per heavy atom. The lowest BCUT2D eigenvalue weighted by molar-refractivity contribution is 0.416. The summed E-state index contributed by atoms with van der Waals surface area (Å²) in [4.78, 5) is 4.60. The molecule has 102 valence electrons. The van der Waals surface area contributed by atoms with Crippen LogP contribution in [0.3, 0.4) is 0 Å². The van der Waals surface area contributed by atoms with E-state index >= 15 is 0 Å². The Hall–Kier alpha value is -1.59. The maximum Gasteiger partial charge on any atom is 0.188 e. The highest BCUT2D eigenvalue weighted by atomic mass is 79.9. The van der Waals surface area contributed by atoms with Crippen LogP contribution >= 0.6 is 27.3 Å². The Kier molecular flexibility index (Phi) is 3.63. The standard InChI is InChI=1S/C15H13BrN2OS/c1-9-3-5-13(19-2)11(7-9)17-15-18-12-8-10(16)4-6-14(12)20-15/h3-8H,1-2H3,(H,17,18). The van der Waals surface area contributed by atoms with E-state index in [4.69, 9.17) is 4.74 Å². The number of rotatable bonds is 3. The summed E-state index contributed by atoms with van der Waals surface area (Å²) < 4.78 is 7.56. The fourth-order valence-electron chi connectivity index (χ4n) is 1.99. The molecule has 0 bridgehead atoms. The van der Waals surface area contributed by atoms with E-state index in [-0.39, 0.29) is 0 Å². The van der Waals surface area contributed by atoms with Gasteiger partial charge in [-0.15, -0.1) is 0 Å². The molecular formula is C15H13BrN2OS. The number of anilines is 2. The van der Waals surface area contributed by atoms with Crippen molar-refractivity contribution in [1.82, 2.24) is 4.98 Å². The van der Waals surface area contributed by atoms with Crippen LogP contribution in [0, 0.1) is 6.92 Å². The molecule has 0 aliphatic rings. The zero-order valence-corrected chi connectivity index (χ0v) is 13.5. The highest BCUT2D eigenvalue weighted by Gasteiger charge is 2.08. The lowest BCUT2D eigenvalue weighted by Gasteiger charge is -2.09. The maximum absolute atomic E-state index is 5.37.